The minimum Gasteiger partial charge on any atom is -0.462 e. The highest BCUT2D eigenvalue weighted by Crippen LogP contribution is 2.17. The Morgan fingerprint density at radius 1 is 0.274 bits per heavy atom. The molecule has 1 unspecified atom stereocenters. The molecular formula is C67H122O6. The van der Waals surface area contributed by atoms with E-state index in [1.54, 1.807) is 0 Å². The number of allylic oxidation sites excluding steroid dienone is 8. The molecule has 0 saturated heterocycles. The van der Waals surface area contributed by atoms with Crippen LogP contribution in [0.2, 0.25) is 0 Å². The molecule has 6 nitrogen and oxygen atoms in total. The Morgan fingerprint density at radius 2 is 0.493 bits per heavy atom. The van der Waals surface area contributed by atoms with E-state index in [0.717, 1.165) is 77.0 Å². The van der Waals surface area contributed by atoms with E-state index in [2.05, 4.69) is 69.4 Å². The number of hydrogen-bond donors (Lipinski definition) is 0. The zero-order chi connectivity index (χ0) is 52.9. The molecule has 0 aliphatic carbocycles. The minimum absolute atomic E-state index is 0.0722. The lowest BCUT2D eigenvalue weighted by molar-refractivity contribution is -0.167. The lowest BCUT2D eigenvalue weighted by atomic mass is 10.0. The second-order valence-electron chi connectivity index (χ2n) is 21.7. The van der Waals surface area contributed by atoms with E-state index in [-0.39, 0.29) is 31.1 Å². The predicted octanol–water partition coefficient (Wildman–Crippen LogP) is 21.8. The summed E-state index contributed by atoms with van der Waals surface area (Å²) in [5.41, 5.74) is 0. The largest absolute Gasteiger partial charge is 0.462 e. The number of unbranched alkanes of at least 4 members (excludes halogenated alkanes) is 40. The van der Waals surface area contributed by atoms with E-state index in [1.165, 1.54) is 225 Å². The van der Waals surface area contributed by atoms with Gasteiger partial charge in [0, 0.05) is 19.3 Å². The van der Waals surface area contributed by atoms with Gasteiger partial charge in [-0.25, -0.2) is 0 Å². The highest BCUT2D eigenvalue weighted by Gasteiger charge is 2.19. The van der Waals surface area contributed by atoms with Crippen molar-refractivity contribution in [2.24, 2.45) is 0 Å². The maximum atomic E-state index is 12.9. The van der Waals surface area contributed by atoms with Gasteiger partial charge >= 0.3 is 17.9 Å². The Kier molecular flexibility index (Phi) is 59.7. The first kappa shape index (κ1) is 70.4. The van der Waals surface area contributed by atoms with Gasteiger partial charge in [0.1, 0.15) is 13.2 Å². The molecule has 0 bridgehead atoms. The fourth-order valence-corrected chi connectivity index (χ4v) is 9.45. The summed E-state index contributed by atoms with van der Waals surface area (Å²) in [6.45, 7) is 6.65. The van der Waals surface area contributed by atoms with Crippen molar-refractivity contribution in [3.8, 4) is 0 Å². The summed E-state index contributed by atoms with van der Waals surface area (Å²) in [5, 5.41) is 0. The summed E-state index contributed by atoms with van der Waals surface area (Å²) >= 11 is 0. The average molecular weight is 1020 g/mol. The van der Waals surface area contributed by atoms with Crippen molar-refractivity contribution >= 4 is 17.9 Å². The zero-order valence-corrected chi connectivity index (χ0v) is 48.9. The zero-order valence-electron chi connectivity index (χ0n) is 48.9. The lowest BCUT2D eigenvalue weighted by Crippen LogP contribution is -2.30. The number of ether oxygens (including phenoxy) is 3. The Bertz CT molecular complexity index is 1270. The molecule has 426 valence electrons. The molecule has 0 amide bonds. The third-order valence-electron chi connectivity index (χ3n) is 14.3. The molecule has 0 aromatic rings. The third-order valence-corrected chi connectivity index (χ3v) is 14.3. The SMILES string of the molecule is CCCCCCC/C=C\C/C=C\C/C=C\CCCCCCCCCCCCCCCCC(=O)OCC(COC(=O)CCCCCCCCCCCCCC)OC(=O)CCCCCCC/C=C\CCCCCCC. The fourth-order valence-electron chi connectivity index (χ4n) is 9.45. The van der Waals surface area contributed by atoms with Crippen LogP contribution < -0.4 is 0 Å². The Morgan fingerprint density at radius 3 is 0.781 bits per heavy atom. The van der Waals surface area contributed by atoms with Crippen molar-refractivity contribution < 1.29 is 28.6 Å². The molecule has 0 aliphatic heterocycles. The molecule has 0 heterocycles. The van der Waals surface area contributed by atoms with Crippen LogP contribution >= 0.6 is 0 Å². The molecule has 0 rings (SSSR count). The number of carbonyl (C=O) groups excluding carboxylic acids is 3. The highest BCUT2D eigenvalue weighted by molar-refractivity contribution is 5.71. The standard InChI is InChI=1S/C67H122O6/c1-4-7-10-13-16-19-22-25-27-28-29-30-31-32-33-34-35-36-37-38-39-40-41-43-45-48-51-54-57-60-66(69)72-63-64(62-71-65(68)59-56-53-50-47-44-24-21-18-15-12-9-6-3)73-67(70)61-58-55-52-49-46-42-26-23-20-17-14-11-8-5-2/h22-23,25-26,28-29,31-32,64H,4-21,24,27,30,33-63H2,1-3H3/b25-22-,26-23-,29-28-,32-31-. The van der Waals surface area contributed by atoms with Crippen LogP contribution in [0, 0.1) is 0 Å². The first-order valence-corrected chi connectivity index (χ1v) is 32.1. The summed E-state index contributed by atoms with van der Waals surface area (Å²) in [5.74, 6) is -0.864. The van der Waals surface area contributed by atoms with E-state index in [9.17, 15) is 14.4 Å². The monoisotopic (exact) mass is 1020 g/mol. The third kappa shape index (κ3) is 60.1. The van der Waals surface area contributed by atoms with E-state index < -0.39 is 6.10 Å². The summed E-state index contributed by atoms with van der Waals surface area (Å²) in [6.07, 6.45) is 77.0. The van der Waals surface area contributed by atoms with Crippen LogP contribution in [0.3, 0.4) is 0 Å². The number of carbonyl (C=O) groups is 3. The molecule has 0 N–H and O–H groups in total. The van der Waals surface area contributed by atoms with Crippen LogP contribution in [0.25, 0.3) is 0 Å². The molecular weight excluding hydrogens is 901 g/mol. The Labute approximate surface area is 454 Å². The van der Waals surface area contributed by atoms with Crippen LogP contribution in [0.4, 0.5) is 0 Å². The number of rotatable bonds is 59. The van der Waals surface area contributed by atoms with Gasteiger partial charge in [0.05, 0.1) is 0 Å². The van der Waals surface area contributed by atoms with Crippen molar-refractivity contribution in [3.63, 3.8) is 0 Å². The lowest BCUT2D eigenvalue weighted by Gasteiger charge is -2.18. The number of esters is 3. The van der Waals surface area contributed by atoms with Gasteiger partial charge < -0.3 is 14.2 Å². The van der Waals surface area contributed by atoms with Crippen molar-refractivity contribution in [2.45, 2.75) is 348 Å². The molecule has 6 heteroatoms. The first-order chi connectivity index (χ1) is 36.0. The van der Waals surface area contributed by atoms with Gasteiger partial charge in [-0.3, -0.25) is 14.4 Å². The van der Waals surface area contributed by atoms with Gasteiger partial charge in [-0.05, 0) is 83.5 Å². The average Bonchev–Trinajstić information content (AvgIpc) is 3.39. The van der Waals surface area contributed by atoms with Crippen molar-refractivity contribution in [3.05, 3.63) is 48.6 Å². The van der Waals surface area contributed by atoms with Gasteiger partial charge in [0.15, 0.2) is 6.10 Å². The van der Waals surface area contributed by atoms with Crippen molar-refractivity contribution in [1.82, 2.24) is 0 Å². The van der Waals surface area contributed by atoms with Crippen molar-refractivity contribution in [2.75, 3.05) is 13.2 Å². The highest BCUT2D eigenvalue weighted by atomic mass is 16.6. The molecule has 0 aliphatic rings. The second-order valence-corrected chi connectivity index (χ2v) is 21.7. The van der Waals surface area contributed by atoms with Gasteiger partial charge in [0.2, 0.25) is 0 Å². The summed E-state index contributed by atoms with van der Waals surface area (Å²) in [7, 11) is 0. The fraction of sp³-hybridized carbons (Fsp3) is 0.836. The van der Waals surface area contributed by atoms with Gasteiger partial charge in [-0.15, -0.1) is 0 Å². The second kappa shape index (κ2) is 61.9. The summed E-state index contributed by atoms with van der Waals surface area (Å²) in [4.78, 5) is 38.2. The van der Waals surface area contributed by atoms with Crippen LogP contribution in [0.15, 0.2) is 48.6 Å². The first-order valence-electron chi connectivity index (χ1n) is 32.1. The molecule has 0 aromatic heterocycles. The molecule has 0 fully saturated rings. The Hall–Kier alpha value is -2.63. The van der Waals surface area contributed by atoms with E-state index >= 15 is 0 Å². The van der Waals surface area contributed by atoms with Crippen molar-refractivity contribution in [1.29, 1.82) is 0 Å². The van der Waals surface area contributed by atoms with E-state index in [0.29, 0.717) is 19.3 Å². The summed E-state index contributed by atoms with van der Waals surface area (Å²) < 4.78 is 16.9. The minimum atomic E-state index is -0.774. The normalized spacial score (nSPS) is 12.3. The number of hydrogen-bond acceptors (Lipinski definition) is 6. The smallest absolute Gasteiger partial charge is 0.306 e. The van der Waals surface area contributed by atoms with Crippen LogP contribution in [-0.2, 0) is 28.6 Å². The quantitative estimate of drug-likeness (QED) is 0.0261. The van der Waals surface area contributed by atoms with Crippen LogP contribution in [0.5, 0.6) is 0 Å². The van der Waals surface area contributed by atoms with Gasteiger partial charge in [-0.2, -0.15) is 0 Å². The molecule has 1 atom stereocenters. The summed E-state index contributed by atoms with van der Waals surface area (Å²) in [6, 6.07) is 0. The topological polar surface area (TPSA) is 78.9 Å². The maximum Gasteiger partial charge on any atom is 0.306 e. The van der Waals surface area contributed by atoms with Gasteiger partial charge in [-0.1, -0.05) is 288 Å². The predicted molar refractivity (Wildman–Crippen MR) is 316 cm³/mol. The Balaban J connectivity index is 4.17. The van der Waals surface area contributed by atoms with E-state index in [4.69, 9.17) is 14.2 Å². The molecule has 73 heavy (non-hydrogen) atoms. The maximum absolute atomic E-state index is 12.9. The van der Waals surface area contributed by atoms with Crippen LogP contribution in [-0.4, -0.2) is 37.2 Å². The van der Waals surface area contributed by atoms with Gasteiger partial charge in [0.25, 0.3) is 0 Å². The van der Waals surface area contributed by atoms with E-state index in [1.807, 2.05) is 0 Å². The molecule has 0 radical (unpaired) electrons. The molecule has 0 saturated carbocycles. The molecule has 0 aromatic carbocycles. The van der Waals surface area contributed by atoms with Crippen LogP contribution in [0.1, 0.15) is 342 Å². The molecule has 0 spiro atoms.